The Morgan fingerprint density at radius 1 is 0.879 bits per heavy atom. The number of ether oxygens (including phenoxy) is 5. The van der Waals surface area contributed by atoms with Gasteiger partial charge in [-0.05, 0) is 18.6 Å². The van der Waals surface area contributed by atoms with Crippen molar-refractivity contribution in [3.63, 3.8) is 0 Å². The first kappa shape index (κ1) is 28.7. The van der Waals surface area contributed by atoms with Crippen LogP contribution in [0.2, 0.25) is 0 Å². The summed E-state index contributed by atoms with van der Waals surface area (Å²) in [5.74, 6) is -1.86. The minimum atomic E-state index is -1.10. The summed E-state index contributed by atoms with van der Waals surface area (Å²) in [5, 5.41) is 2.73. The molecule has 1 N–H and O–H groups in total. The molecule has 0 aliphatic carbocycles. The van der Waals surface area contributed by atoms with Crippen molar-refractivity contribution in [2.45, 2.75) is 83.2 Å². The molecule has 1 heterocycles. The van der Waals surface area contributed by atoms with Crippen LogP contribution in [0.25, 0.3) is 0 Å². The highest BCUT2D eigenvalue weighted by Gasteiger charge is 2.50. The average molecular weight is 492 g/mol. The zero-order chi connectivity index (χ0) is 25.0. The van der Waals surface area contributed by atoms with Crippen molar-refractivity contribution in [1.82, 2.24) is 5.32 Å². The van der Waals surface area contributed by atoms with Gasteiger partial charge in [0.15, 0.2) is 12.2 Å². The van der Waals surface area contributed by atoms with Gasteiger partial charge in [-0.15, -0.1) is 11.8 Å². The zero-order valence-electron chi connectivity index (χ0n) is 19.6. The summed E-state index contributed by atoms with van der Waals surface area (Å²) in [4.78, 5) is 58.0. The first-order valence-electron chi connectivity index (χ1n) is 10.6. The first-order valence-corrected chi connectivity index (χ1v) is 11.7. The molecule has 5 atom stereocenters. The molecule has 1 aliphatic rings. The maximum absolute atomic E-state index is 11.9. The van der Waals surface area contributed by atoms with Gasteiger partial charge in [0.1, 0.15) is 24.2 Å². The van der Waals surface area contributed by atoms with Gasteiger partial charge in [0, 0.05) is 34.1 Å². The molecular formula is C21H33NO10S. The third-order valence-corrected chi connectivity index (χ3v) is 5.86. The topological polar surface area (TPSA) is 144 Å². The lowest BCUT2D eigenvalue weighted by atomic mass is 9.97. The van der Waals surface area contributed by atoms with E-state index in [1.54, 1.807) is 0 Å². The van der Waals surface area contributed by atoms with Crippen LogP contribution in [0.4, 0.5) is 0 Å². The van der Waals surface area contributed by atoms with Gasteiger partial charge in [0.2, 0.25) is 5.91 Å². The maximum Gasteiger partial charge on any atom is 0.305 e. The fourth-order valence-corrected chi connectivity index (χ4v) is 4.54. The number of thioether (sulfide) groups is 1. The van der Waals surface area contributed by atoms with Crippen LogP contribution in [0.1, 0.15) is 53.4 Å². The second kappa shape index (κ2) is 14.7. The summed E-state index contributed by atoms with van der Waals surface area (Å²) in [7, 11) is 1.34. The molecule has 0 radical (unpaired) electrons. The van der Waals surface area contributed by atoms with Crippen LogP contribution in [0.5, 0.6) is 0 Å². The highest BCUT2D eigenvalue weighted by atomic mass is 32.2. The number of rotatable bonds is 12. The molecule has 1 aliphatic heterocycles. The van der Waals surface area contributed by atoms with Gasteiger partial charge in [0.25, 0.3) is 0 Å². The molecule has 1 saturated heterocycles. The van der Waals surface area contributed by atoms with Crippen LogP contribution in [-0.4, -0.2) is 79.0 Å². The number of nitrogens with one attached hydrogen (secondary N) is 1. The van der Waals surface area contributed by atoms with Crippen LogP contribution >= 0.6 is 11.8 Å². The molecule has 1 fully saturated rings. The average Bonchev–Trinajstić information content (AvgIpc) is 2.71. The van der Waals surface area contributed by atoms with Gasteiger partial charge in [0.05, 0.1) is 7.11 Å². The van der Waals surface area contributed by atoms with E-state index >= 15 is 0 Å². The van der Waals surface area contributed by atoms with Crippen molar-refractivity contribution >= 4 is 41.5 Å². The monoisotopic (exact) mass is 491 g/mol. The number of hydrogen-bond acceptors (Lipinski definition) is 11. The van der Waals surface area contributed by atoms with Crippen LogP contribution < -0.4 is 5.32 Å². The van der Waals surface area contributed by atoms with Crippen molar-refractivity contribution in [3.8, 4) is 0 Å². The minimum absolute atomic E-state index is 0.228. The van der Waals surface area contributed by atoms with Gasteiger partial charge < -0.3 is 29.0 Å². The Balaban J connectivity index is 3.00. The summed E-state index contributed by atoms with van der Waals surface area (Å²) in [6.07, 6.45) is -0.523. The van der Waals surface area contributed by atoms with E-state index in [9.17, 15) is 24.0 Å². The van der Waals surface area contributed by atoms with Crippen LogP contribution in [0.3, 0.4) is 0 Å². The standard InChI is InChI=1S/C21H33NO10S/c1-12(23)22-18-20(31-15(4)26)19(30-14(3)25)16(11-29-13(2)24)32-21(18)33-10-8-6-7-9-17(27)28-5/h16,18-21H,6-11H2,1-5H3,(H,22,23). The number of carbonyl (C=O) groups is 5. The number of methoxy groups -OCH3 is 1. The molecule has 0 saturated carbocycles. The van der Waals surface area contributed by atoms with E-state index in [-0.39, 0.29) is 18.5 Å². The highest BCUT2D eigenvalue weighted by Crippen LogP contribution is 2.33. The molecule has 188 valence electrons. The predicted molar refractivity (Wildman–Crippen MR) is 117 cm³/mol. The number of hydrogen-bond donors (Lipinski definition) is 1. The third kappa shape index (κ3) is 10.9. The normalized spacial score (nSPS) is 24.3. The SMILES string of the molecule is COC(=O)CCCCCSC1OC(COC(C)=O)C(OC(C)=O)C(OC(C)=O)C1NC(C)=O. The van der Waals surface area contributed by atoms with Gasteiger partial charge in [-0.1, -0.05) is 6.42 Å². The van der Waals surface area contributed by atoms with Crippen molar-refractivity contribution in [2.24, 2.45) is 0 Å². The molecule has 0 aromatic carbocycles. The third-order valence-electron chi connectivity index (χ3n) is 4.61. The molecule has 11 nitrogen and oxygen atoms in total. The molecule has 12 heteroatoms. The molecular weight excluding hydrogens is 458 g/mol. The Labute approximate surface area is 197 Å². The maximum atomic E-state index is 11.9. The first-order chi connectivity index (χ1) is 15.5. The fraction of sp³-hybridized carbons (Fsp3) is 0.762. The smallest absolute Gasteiger partial charge is 0.305 e. The molecule has 33 heavy (non-hydrogen) atoms. The molecule has 5 unspecified atom stereocenters. The second-order valence-electron chi connectivity index (χ2n) is 7.48. The van der Waals surface area contributed by atoms with Crippen LogP contribution in [0, 0.1) is 0 Å². The van der Waals surface area contributed by atoms with Gasteiger partial charge in [-0.2, -0.15) is 0 Å². The fourth-order valence-electron chi connectivity index (χ4n) is 3.28. The van der Waals surface area contributed by atoms with Crippen molar-refractivity contribution in [2.75, 3.05) is 19.5 Å². The van der Waals surface area contributed by atoms with E-state index in [1.165, 1.54) is 46.6 Å². The van der Waals surface area contributed by atoms with E-state index in [4.69, 9.17) is 18.9 Å². The van der Waals surface area contributed by atoms with E-state index < -0.39 is 47.7 Å². The summed E-state index contributed by atoms with van der Waals surface area (Å²) in [5.41, 5.74) is -0.675. The van der Waals surface area contributed by atoms with E-state index in [0.29, 0.717) is 18.6 Å². The van der Waals surface area contributed by atoms with Crippen molar-refractivity contribution in [3.05, 3.63) is 0 Å². The van der Waals surface area contributed by atoms with Crippen molar-refractivity contribution < 1.29 is 47.7 Å². The summed E-state index contributed by atoms with van der Waals surface area (Å²) in [6.45, 7) is 4.71. The van der Waals surface area contributed by atoms with Crippen molar-refractivity contribution in [1.29, 1.82) is 0 Å². The Bertz CT molecular complexity index is 701. The quantitative estimate of drug-likeness (QED) is 0.238. The number of amides is 1. The Morgan fingerprint density at radius 2 is 1.52 bits per heavy atom. The number of esters is 4. The zero-order valence-corrected chi connectivity index (χ0v) is 20.4. The lowest BCUT2D eigenvalue weighted by Crippen LogP contribution is -2.65. The highest BCUT2D eigenvalue weighted by molar-refractivity contribution is 7.99. The van der Waals surface area contributed by atoms with E-state index in [2.05, 4.69) is 10.1 Å². The molecule has 1 rings (SSSR count). The Morgan fingerprint density at radius 3 is 2.06 bits per heavy atom. The van der Waals surface area contributed by atoms with Gasteiger partial charge in [-0.3, -0.25) is 24.0 Å². The second-order valence-corrected chi connectivity index (χ2v) is 8.68. The summed E-state index contributed by atoms with van der Waals surface area (Å²) < 4.78 is 26.6. The number of carbonyl (C=O) groups excluding carboxylic acids is 5. The summed E-state index contributed by atoms with van der Waals surface area (Å²) in [6, 6.07) is -0.815. The van der Waals surface area contributed by atoms with E-state index in [0.717, 1.165) is 12.8 Å². The van der Waals surface area contributed by atoms with Crippen LogP contribution in [-0.2, 0) is 47.7 Å². The molecule has 1 amide bonds. The minimum Gasteiger partial charge on any atom is -0.469 e. The Kier molecular flexibility index (Phi) is 12.8. The van der Waals surface area contributed by atoms with E-state index in [1.807, 2.05) is 0 Å². The van der Waals surface area contributed by atoms with Gasteiger partial charge in [-0.25, -0.2) is 0 Å². The largest absolute Gasteiger partial charge is 0.469 e. The lowest BCUT2D eigenvalue weighted by molar-refractivity contribution is -0.211. The van der Waals surface area contributed by atoms with Gasteiger partial charge >= 0.3 is 23.9 Å². The molecule has 0 aromatic heterocycles. The van der Waals surface area contributed by atoms with Crippen LogP contribution in [0.15, 0.2) is 0 Å². The molecule has 0 aromatic rings. The summed E-state index contributed by atoms with van der Waals surface area (Å²) >= 11 is 1.38. The lowest BCUT2D eigenvalue weighted by Gasteiger charge is -2.45. The molecule has 0 spiro atoms. The number of unbranched alkanes of at least 4 members (excludes halogenated alkanes) is 2. The Hall–Kier alpha value is -2.34. The molecule has 0 bridgehead atoms. The predicted octanol–water partition coefficient (Wildman–Crippen LogP) is 1.11.